The van der Waals surface area contributed by atoms with E-state index in [1.165, 1.54) is 7.11 Å². The van der Waals surface area contributed by atoms with Crippen LogP contribution in [0.4, 0.5) is 0 Å². The zero-order chi connectivity index (χ0) is 16.2. The standard InChI is InChI=1S/C14H13N5O4/c1-22-7-11-16-10(19-23-11)6-15-14(21)12-8-4-2-3-5-9(8)13(20)18-17-12/h2-5H,6-7H2,1H3,(H,15,21)(H,18,20). The number of ether oxygens (including phenoxy) is 1. The molecule has 0 aliphatic carbocycles. The fourth-order valence-corrected chi connectivity index (χ4v) is 2.07. The Morgan fingerprint density at radius 3 is 2.91 bits per heavy atom. The Balaban J connectivity index is 1.78. The molecule has 0 aliphatic rings. The largest absolute Gasteiger partial charge is 0.375 e. The van der Waals surface area contributed by atoms with Crippen molar-refractivity contribution < 1.29 is 14.1 Å². The summed E-state index contributed by atoms with van der Waals surface area (Å²) >= 11 is 0. The van der Waals surface area contributed by atoms with Crippen LogP contribution >= 0.6 is 0 Å². The molecule has 0 atom stereocenters. The minimum atomic E-state index is -0.449. The Kier molecular flexibility index (Phi) is 4.11. The SMILES string of the molecule is COCc1nc(CNC(=O)c2n[nH]c(=O)c3ccccc23)no1. The van der Waals surface area contributed by atoms with Crippen LogP contribution in [0.5, 0.6) is 0 Å². The van der Waals surface area contributed by atoms with Crippen LogP contribution in [-0.2, 0) is 17.9 Å². The molecule has 0 spiro atoms. The van der Waals surface area contributed by atoms with Crippen LogP contribution < -0.4 is 10.9 Å². The Labute approximate surface area is 129 Å². The lowest BCUT2D eigenvalue weighted by atomic mass is 10.1. The molecule has 2 N–H and O–H groups in total. The van der Waals surface area contributed by atoms with Gasteiger partial charge in [0.05, 0.1) is 11.9 Å². The maximum absolute atomic E-state index is 12.3. The van der Waals surface area contributed by atoms with E-state index in [0.717, 1.165) is 0 Å². The molecule has 23 heavy (non-hydrogen) atoms. The number of nitrogens with zero attached hydrogens (tertiary/aromatic N) is 3. The molecule has 3 rings (SSSR count). The molecule has 1 amide bonds. The second-order valence-electron chi connectivity index (χ2n) is 4.67. The smallest absolute Gasteiger partial charge is 0.272 e. The van der Waals surface area contributed by atoms with Crippen molar-refractivity contribution in [3.05, 3.63) is 52.0 Å². The molecule has 118 valence electrons. The summed E-state index contributed by atoms with van der Waals surface area (Å²) in [6.45, 7) is 0.272. The Bertz CT molecular complexity index is 901. The summed E-state index contributed by atoms with van der Waals surface area (Å²) in [5.74, 6) is 0.194. The highest BCUT2D eigenvalue weighted by Crippen LogP contribution is 2.12. The van der Waals surface area contributed by atoms with Crippen molar-refractivity contribution in [1.29, 1.82) is 0 Å². The van der Waals surface area contributed by atoms with Crippen molar-refractivity contribution in [3.8, 4) is 0 Å². The highest BCUT2D eigenvalue weighted by atomic mass is 16.5. The third-order valence-corrected chi connectivity index (χ3v) is 3.10. The van der Waals surface area contributed by atoms with E-state index in [1.54, 1.807) is 24.3 Å². The lowest BCUT2D eigenvalue weighted by Crippen LogP contribution is -2.26. The molecule has 9 nitrogen and oxygen atoms in total. The first kappa shape index (κ1) is 14.9. The van der Waals surface area contributed by atoms with Crippen LogP contribution in [-0.4, -0.2) is 33.4 Å². The number of aromatic amines is 1. The number of nitrogens with one attached hydrogen (secondary N) is 2. The van der Waals surface area contributed by atoms with Gasteiger partial charge in [-0.05, 0) is 6.07 Å². The van der Waals surface area contributed by atoms with Crippen molar-refractivity contribution in [2.45, 2.75) is 13.2 Å². The summed E-state index contributed by atoms with van der Waals surface area (Å²) in [6, 6.07) is 6.74. The topological polar surface area (TPSA) is 123 Å². The third kappa shape index (κ3) is 3.09. The second kappa shape index (κ2) is 6.36. The summed E-state index contributed by atoms with van der Waals surface area (Å²) in [7, 11) is 1.51. The predicted molar refractivity (Wildman–Crippen MR) is 78.5 cm³/mol. The normalized spacial score (nSPS) is 10.8. The molecular formula is C14H13N5O4. The van der Waals surface area contributed by atoms with E-state index < -0.39 is 5.91 Å². The van der Waals surface area contributed by atoms with E-state index in [4.69, 9.17) is 9.26 Å². The summed E-state index contributed by atoms with van der Waals surface area (Å²) in [5, 5.41) is 13.4. The number of fused-ring (bicyclic) bond motifs is 1. The summed E-state index contributed by atoms with van der Waals surface area (Å²) in [6.07, 6.45) is 0. The van der Waals surface area contributed by atoms with E-state index in [9.17, 15) is 9.59 Å². The fourth-order valence-electron chi connectivity index (χ4n) is 2.07. The van der Waals surface area contributed by atoms with E-state index >= 15 is 0 Å². The van der Waals surface area contributed by atoms with Gasteiger partial charge in [-0.25, -0.2) is 5.10 Å². The van der Waals surface area contributed by atoms with Crippen molar-refractivity contribution >= 4 is 16.7 Å². The van der Waals surface area contributed by atoms with Gasteiger partial charge in [0.2, 0.25) is 0 Å². The number of aromatic nitrogens is 4. The lowest BCUT2D eigenvalue weighted by molar-refractivity contribution is 0.0945. The highest BCUT2D eigenvalue weighted by Gasteiger charge is 2.15. The number of H-pyrrole nitrogens is 1. The van der Waals surface area contributed by atoms with E-state index in [1.807, 2.05) is 0 Å². The molecule has 2 heterocycles. The Hall–Kier alpha value is -3.07. The van der Waals surface area contributed by atoms with Gasteiger partial charge in [-0.3, -0.25) is 9.59 Å². The van der Waals surface area contributed by atoms with Crippen LogP contribution in [0.3, 0.4) is 0 Å². The molecule has 9 heteroatoms. The van der Waals surface area contributed by atoms with Gasteiger partial charge in [0.1, 0.15) is 6.61 Å². The summed E-state index contributed by atoms with van der Waals surface area (Å²) in [4.78, 5) is 28.0. The van der Waals surface area contributed by atoms with Gasteiger partial charge in [0.15, 0.2) is 11.5 Å². The van der Waals surface area contributed by atoms with Crippen LogP contribution in [0, 0.1) is 0 Å². The molecule has 0 radical (unpaired) electrons. The van der Waals surface area contributed by atoms with Gasteiger partial charge in [-0.15, -0.1) is 0 Å². The van der Waals surface area contributed by atoms with Crippen molar-refractivity contribution in [2.24, 2.45) is 0 Å². The Morgan fingerprint density at radius 1 is 1.35 bits per heavy atom. The predicted octanol–water partition coefficient (Wildman–Crippen LogP) is 0.382. The van der Waals surface area contributed by atoms with Gasteiger partial charge in [0.25, 0.3) is 17.4 Å². The molecule has 0 fully saturated rings. The average molecular weight is 315 g/mol. The number of hydrogen-bond donors (Lipinski definition) is 2. The van der Waals surface area contributed by atoms with Crippen molar-refractivity contribution in [2.75, 3.05) is 7.11 Å². The van der Waals surface area contributed by atoms with Crippen LogP contribution in [0.15, 0.2) is 33.6 Å². The molecule has 0 saturated carbocycles. The first-order valence-electron chi connectivity index (χ1n) is 6.75. The van der Waals surface area contributed by atoms with Gasteiger partial charge in [-0.2, -0.15) is 10.1 Å². The first-order valence-corrected chi connectivity index (χ1v) is 6.75. The average Bonchev–Trinajstić information content (AvgIpc) is 3.01. The van der Waals surface area contributed by atoms with Crippen LogP contribution in [0.25, 0.3) is 10.8 Å². The van der Waals surface area contributed by atoms with E-state index in [0.29, 0.717) is 22.5 Å². The number of rotatable bonds is 5. The number of benzene rings is 1. The monoisotopic (exact) mass is 315 g/mol. The maximum Gasteiger partial charge on any atom is 0.272 e. The highest BCUT2D eigenvalue weighted by molar-refractivity contribution is 6.04. The van der Waals surface area contributed by atoms with E-state index in [-0.39, 0.29) is 24.4 Å². The minimum absolute atomic E-state index is 0.0706. The summed E-state index contributed by atoms with van der Waals surface area (Å²) < 4.78 is 9.80. The molecule has 0 unspecified atom stereocenters. The number of carbonyl (C=O) groups is 1. The fraction of sp³-hybridized carbons (Fsp3) is 0.214. The first-order chi connectivity index (χ1) is 11.2. The molecule has 1 aromatic carbocycles. The van der Waals surface area contributed by atoms with Gasteiger partial charge in [-0.1, -0.05) is 23.4 Å². The molecule has 0 bridgehead atoms. The van der Waals surface area contributed by atoms with Crippen molar-refractivity contribution in [1.82, 2.24) is 25.7 Å². The third-order valence-electron chi connectivity index (χ3n) is 3.10. The number of hydrogen-bond acceptors (Lipinski definition) is 7. The lowest BCUT2D eigenvalue weighted by Gasteiger charge is -2.04. The number of amides is 1. The van der Waals surface area contributed by atoms with E-state index in [2.05, 4.69) is 25.7 Å². The zero-order valence-electron chi connectivity index (χ0n) is 12.2. The summed E-state index contributed by atoms with van der Waals surface area (Å²) in [5.41, 5.74) is -0.222. The maximum atomic E-state index is 12.3. The minimum Gasteiger partial charge on any atom is -0.375 e. The zero-order valence-corrected chi connectivity index (χ0v) is 12.2. The molecule has 0 saturated heterocycles. The van der Waals surface area contributed by atoms with Gasteiger partial charge >= 0.3 is 0 Å². The second-order valence-corrected chi connectivity index (χ2v) is 4.67. The van der Waals surface area contributed by atoms with Crippen molar-refractivity contribution in [3.63, 3.8) is 0 Å². The molecular weight excluding hydrogens is 302 g/mol. The molecule has 0 aliphatic heterocycles. The molecule has 3 aromatic rings. The van der Waals surface area contributed by atoms with Gasteiger partial charge < -0.3 is 14.6 Å². The number of methoxy groups -OCH3 is 1. The molecule has 2 aromatic heterocycles. The quantitative estimate of drug-likeness (QED) is 0.697. The van der Waals surface area contributed by atoms with Crippen LogP contribution in [0.2, 0.25) is 0 Å². The van der Waals surface area contributed by atoms with Crippen LogP contribution in [0.1, 0.15) is 22.2 Å². The Morgan fingerprint density at radius 2 is 2.13 bits per heavy atom. The van der Waals surface area contributed by atoms with Gasteiger partial charge in [0, 0.05) is 12.5 Å². The number of carbonyl (C=O) groups excluding carboxylic acids is 1.